The van der Waals surface area contributed by atoms with Crippen molar-refractivity contribution in [2.75, 3.05) is 22.1 Å². The number of rotatable bonds is 4. The highest BCUT2D eigenvalue weighted by molar-refractivity contribution is 6.04. The van der Waals surface area contributed by atoms with E-state index >= 15 is 0 Å². The number of hydrogen-bond donors (Lipinski definition) is 3. The maximum atomic E-state index is 13.3. The topological polar surface area (TPSA) is 107 Å². The van der Waals surface area contributed by atoms with E-state index in [1.165, 1.54) is 12.1 Å². The van der Waals surface area contributed by atoms with E-state index in [-0.39, 0.29) is 23.8 Å². The molecule has 0 radical (unpaired) electrons. The van der Waals surface area contributed by atoms with Gasteiger partial charge >= 0.3 is 6.18 Å². The summed E-state index contributed by atoms with van der Waals surface area (Å²) in [7, 11) is 0. The van der Waals surface area contributed by atoms with Crippen LogP contribution in [0.25, 0.3) is 0 Å². The van der Waals surface area contributed by atoms with Crippen molar-refractivity contribution >= 4 is 29.3 Å². The molecule has 1 aromatic heterocycles. The van der Waals surface area contributed by atoms with Crippen molar-refractivity contribution in [2.24, 2.45) is 0 Å². The number of carbonyl (C=O) groups is 2. The number of aromatic amines is 1. The van der Waals surface area contributed by atoms with Gasteiger partial charge in [0.05, 0.1) is 22.7 Å². The van der Waals surface area contributed by atoms with Crippen LogP contribution in [0.3, 0.4) is 0 Å². The molecule has 176 valence electrons. The molecule has 0 spiro atoms. The third kappa shape index (κ3) is 4.57. The van der Waals surface area contributed by atoms with Crippen LogP contribution in [0.15, 0.2) is 29.1 Å². The Labute approximate surface area is 187 Å². The summed E-state index contributed by atoms with van der Waals surface area (Å²) in [5.41, 5.74) is -2.12. The molecule has 2 atom stereocenters. The molecule has 11 heteroatoms. The Morgan fingerprint density at radius 1 is 1.24 bits per heavy atom. The van der Waals surface area contributed by atoms with Gasteiger partial charge in [-0.1, -0.05) is 19.1 Å². The highest BCUT2D eigenvalue weighted by atomic mass is 19.4. The summed E-state index contributed by atoms with van der Waals surface area (Å²) in [6.07, 6.45) is -1.23. The van der Waals surface area contributed by atoms with Crippen LogP contribution in [0.5, 0.6) is 0 Å². The van der Waals surface area contributed by atoms with Gasteiger partial charge in [0.25, 0.3) is 5.56 Å². The van der Waals surface area contributed by atoms with Crippen molar-refractivity contribution in [3.05, 3.63) is 45.7 Å². The van der Waals surface area contributed by atoms with Gasteiger partial charge in [-0.15, -0.1) is 0 Å². The highest BCUT2D eigenvalue weighted by Crippen LogP contribution is 2.36. The van der Waals surface area contributed by atoms with Gasteiger partial charge in [-0.3, -0.25) is 19.4 Å². The van der Waals surface area contributed by atoms with Crippen LogP contribution in [-0.4, -0.2) is 34.4 Å². The lowest BCUT2D eigenvalue weighted by Crippen LogP contribution is -2.43. The van der Waals surface area contributed by atoms with Crippen LogP contribution < -0.4 is 21.1 Å². The van der Waals surface area contributed by atoms with Gasteiger partial charge in [0.2, 0.25) is 17.8 Å². The van der Waals surface area contributed by atoms with E-state index in [9.17, 15) is 27.6 Å². The van der Waals surface area contributed by atoms with Crippen molar-refractivity contribution in [1.82, 2.24) is 9.97 Å². The Morgan fingerprint density at radius 2 is 2.00 bits per heavy atom. The van der Waals surface area contributed by atoms with Crippen molar-refractivity contribution in [3.63, 3.8) is 0 Å². The Kier molecular flexibility index (Phi) is 6.13. The highest BCUT2D eigenvalue weighted by Gasteiger charge is 2.38. The number of piperidine rings is 1. The second-order valence-electron chi connectivity index (χ2n) is 8.24. The quantitative estimate of drug-likeness (QED) is 0.642. The fraction of sp³-hybridized carbons (Fsp3) is 0.455. The molecule has 1 aromatic carbocycles. The molecule has 2 aliphatic rings. The van der Waals surface area contributed by atoms with Gasteiger partial charge in [0.1, 0.15) is 5.82 Å². The number of anilines is 3. The van der Waals surface area contributed by atoms with Gasteiger partial charge < -0.3 is 15.5 Å². The fourth-order valence-corrected chi connectivity index (χ4v) is 4.48. The Hall–Kier alpha value is -3.37. The first-order chi connectivity index (χ1) is 15.7. The molecule has 0 unspecified atom stereocenters. The fourth-order valence-electron chi connectivity index (χ4n) is 4.48. The maximum absolute atomic E-state index is 13.3. The lowest BCUT2D eigenvalue weighted by Gasteiger charge is -2.36. The molecule has 3 heterocycles. The van der Waals surface area contributed by atoms with Crippen LogP contribution in [0.4, 0.5) is 30.6 Å². The number of para-hydroxylation sites is 1. The molecule has 0 saturated carbocycles. The second kappa shape index (κ2) is 8.87. The molecule has 2 aliphatic heterocycles. The number of alkyl halides is 3. The first-order valence-electron chi connectivity index (χ1n) is 10.9. The molecule has 0 aliphatic carbocycles. The van der Waals surface area contributed by atoms with Gasteiger partial charge in [-0.25, -0.2) is 0 Å². The zero-order valence-electron chi connectivity index (χ0n) is 18.0. The number of halogens is 3. The van der Waals surface area contributed by atoms with E-state index in [1.807, 2.05) is 11.8 Å². The SMILES string of the molecule is CC[C@H]1CCCCN1c1nc2c(c(=O)[nH]1)[C@H](C(=O)Nc1ccccc1C(F)(F)F)CC(=O)N2. The summed E-state index contributed by atoms with van der Waals surface area (Å²) < 4.78 is 39.9. The summed E-state index contributed by atoms with van der Waals surface area (Å²) in [6, 6.07) is 4.73. The number of amides is 2. The molecule has 2 aromatic rings. The van der Waals surface area contributed by atoms with E-state index in [0.29, 0.717) is 12.5 Å². The Morgan fingerprint density at radius 3 is 2.73 bits per heavy atom. The molecule has 33 heavy (non-hydrogen) atoms. The average Bonchev–Trinajstić information content (AvgIpc) is 2.77. The average molecular weight is 463 g/mol. The lowest BCUT2D eigenvalue weighted by molar-refractivity contribution is -0.137. The standard InChI is InChI=1S/C22H24F3N5O3/c1-2-12-7-5-6-10-30(12)21-28-18-17(20(33)29-21)13(11-16(31)27-18)19(32)26-15-9-4-3-8-14(15)22(23,24)25/h3-4,8-9,12-13H,2,5-7,10-11H2,1H3,(H,26,32)(H2,27,28,29,31,33)/t12-,13+/m0/s1. The van der Waals surface area contributed by atoms with E-state index in [4.69, 9.17) is 0 Å². The van der Waals surface area contributed by atoms with Crippen molar-refractivity contribution < 1.29 is 22.8 Å². The number of benzene rings is 1. The molecule has 1 saturated heterocycles. The number of nitrogens with zero attached hydrogens (tertiary/aromatic N) is 2. The number of hydrogen-bond acceptors (Lipinski definition) is 5. The minimum atomic E-state index is -4.68. The van der Waals surface area contributed by atoms with Crippen LogP contribution in [-0.2, 0) is 15.8 Å². The zero-order valence-corrected chi connectivity index (χ0v) is 18.0. The largest absolute Gasteiger partial charge is 0.418 e. The zero-order chi connectivity index (χ0) is 23.8. The molecular formula is C22H24F3N5O3. The minimum absolute atomic E-state index is 0.0327. The molecule has 1 fully saturated rings. The summed E-state index contributed by atoms with van der Waals surface area (Å²) in [6.45, 7) is 2.74. The smallest absolute Gasteiger partial charge is 0.339 e. The maximum Gasteiger partial charge on any atom is 0.418 e. The number of aromatic nitrogens is 2. The molecule has 0 bridgehead atoms. The second-order valence-corrected chi connectivity index (χ2v) is 8.24. The van der Waals surface area contributed by atoms with Crippen LogP contribution in [0.2, 0.25) is 0 Å². The van der Waals surface area contributed by atoms with Gasteiger partial charge in [0, 0.05) is 19.0 Å². The monoisotopic (exact) mass is 463 g/mol. The predicted molar refractivity (Wildman–Crippen MR) is 116 cm³/mol. The number of nitrogens with one attached hydrogen (secondary N) is 3. The third-order valence-electron chi connectivity index (χ3n) is 6.12. The van der Waals surface area contributed by atoms with Gasteiger partial charge in [-0.2, -0.15) is 18.2 Å². The minimum Gasteiger partial charge on any atom is -0.339 e. The lowest BCUT2D eigenvalue weighted by atomic mass is 9.92. The molecular weight excluding hydrogens is 439 g/mol. The predicted octanol–water partition coefficient (Wildman–Crippen LogP) is 3.62. The van der Waals surface area contributed by atoms with E-state index in [2.05, 4.69) is 20.6 Å². The van der Waals surface area contributed by atoms with Crippen LogP contribution in [0.1, 0.15) is 56.1 Å². The summed E-state index contributed by atoms with van der Waals surface area (Å²) >= 11 is 0. The van der Waals surface area contributed by atoms with E-state index in [1.54, 1.807) is 0 Å². The first kappa shape index (κ1) is 22.8. The Bertz CT molecular complexity index is 1130. The van der Waals surface area contributed by atoms with Crippen LogP contribution in [0, 0.1) is 0 Å². The first-order valence-corrected chi connectivity index (χ1v) is 10.9. The van der Waals surface area contributed by atoms with Crippen LogP contribution >= 0.6 is 0 Å². The number of carbonyl (C=O) groups excluding carboxylic acids is 2. The number of fused-ring (bicyclic) bond motifs is 1. The molecule has 2 amide bonds. The normalized spacial score (nSPS) is 20.7. The van der Waals surface area contributed by atoms with E-state index in [0.717, 1.165) is 37.8 Å². The molecule has 4 rings (SSSR count). The van der Waals surface area contributed by atoms with Crippen molar-refractivity contribution in [1.29, 1.82) is 0 Å². The summed E-state index contributed by atoms with van der Waals surface area (Å²) in [5, 5.41) is 4.78. The third-order valence-corrected chi connectivity index (χ3v) is 6.12. The Balaban J connectivity index is 1.67. The van der Waals surface area contributed by atoms with Gasteiger partial charge in [-0.05, 0) is 37.8 Å². The van der Waals surface area contributed by atoms with E-state index < -0.39 is 40.7 Å². The number of H-pyrrole nitrogens is 1. The van der Waals surface area contributed by atoms with Gasteiger partial charge in [0.15, 0.2) is 0 Å². The molecule has 8 nitrogen and oxygen atoms in total. The molecule has 3 N–H and O–H groups in total. The summed E-state index contributed by atoms with van der Waals surface area (Å²) in [4.78, 5) is 47.4. The summed E-state index contributed by atoms with van der Waals surface area (Å²) in [5.74, 6) is -2.42. The van der Waals surface area contributed by atoms with Crippen molar-refractivity contribution in [2.45, 2.75) is 57.2 Å². The van der Waals surface area contributed by atoms with Crippen molar-refractivity contribution in [3.8, 4) is 0 Å².